The predicted molar refractivity (Wildman–Crippen MR) is 102 cm³/mol. The van der Waals surface area contributed by atoms with E-state index in [4.69, 9.17) is 0 Å². The summed E-state index contributed by atoms with van der Waals surface area (Å²) in [5.41, 5.74) is 1.11. The lowest BCUT2D eigenvalue weighted by molar-refractivity contribution is 0.169. The summed E-state index contributed by atoms with van der Waals surface area (Å²) >= 11 is 0. The predicted octanol–water partition coefficient (Wildman–Crippen LogP) is 2.74. The minimum absolute atomic E-state index is 0.0706. The van der Waals surface area contributed by atoms with Crippen molar-refractivity contribution in [2.75, 3.05) is 24.5 Å². The molecular weight excluding hydrogens is 347 g/mol. The highest BCUT2D eigenvalue weighted by atomic mass is 19.1. The molecule has 0 radical (unpaired) electrons. The number of carbonyl (C=O) groups is 1. The van der Waals surface area contributed by atoms with E-state index >= 15 is 0 Å². The van der Waals surface area contributed by atoms with Crippen molar-refractivity contribution in [1.29, 1.82) is 0 Å². The van der Waals surface area contributed by atoms with Crippen molar-refractivity contribution in [1.82, 2.24) is 15.6 Å². The van der Waals surface area contributed by atoms with E-state index in [1.807, 2.05) is 12.1 Å². The molecule has 1 fully saturated rings. The van der Waals surface area contributed by atoms with Gasteiger partial charge in [-0.1, -0.05) is 24.3 Å². The molecule has 1 saturated heterocycles. The van der Waals surface area contributed by atoms with Crippen LogP contribution in [0, 0.1) is 5.82 Å². The molecule has 0 aliphatic carbocycles. The van der Waals surface area contributed by atoms with Gasteiger partial charge in [-0.25, -0.2) is 14.2 Å². The minimum Gasteiger partial charge on any atom is -0.386 e. The number of piperidine rings is 1. The first-order valence-corrected chi connectivity index (χ1v) is 9.28. The molecule has 0 bridgehead atoms. The summed E-state index contributed by atoms with van der Waals surface area (Å²) in [6.07, 6.45) is 4.21. The molecule has 3 N–H and O–H groups in total. The van der Waals surface area contributed by atoms with Crippen molar-refractivity contribution >= 4 is 11.8 Å². The topological polar surface area (TPSA) is 77.5 Å². The average molecular weight is 372 g/mol. The lowest BCUT2D eigenvalue weighted by Crippen LogP contribution is -2.38. The molecule has 2 amide bonds. The molecule has 144 valence electrons. The average Bonchev–Trinajstić information content (AvgIpc) is 2.71. The zero-order valence-electron chi connectivity index (χ0n) is 15.2. The number of anilines is 1. The summed E-state index contributed by atoms with van der Waals surface area (Å²) in [6, 6.07) is 9.36. The number of urea groups is 1. The fourth-order valence-electron chi connectivity index (χ4n) is 3.24. The smallest absolute Gasteiger partial charge is 0.315 e. The van der Waals surface area contributed by atoms with Crippen LogP contribution in [0.15, 0.2) is 42.6 Å². The maximum absolute atomic E-state index is 13.7. The van der Waals surface area contributed by atoms with E-state index in [1.54, 1.807) is 18.3 Å². The van der Waals surface area contributed by atoms with Crippen molar-refractivity contribution in [3.05, 3.63) is 59.5 Å². The molecule has 3 rings (SSSR count). The number of pyridine rings is 1. The van der Waals surface area contributed by atoms with Crippen molar-refractivity contribution in [2.24, 2.45) is 0 Å². The second-order valence-corrected chi connectivity index (χ2v) is 6.63. The maximum Gasteiger partial charge on any atom is 0.315 e. The molecule has 0 saturated carbocycles. The number of rotatable bonds is 6. The van der Waals surface area contributed by atoms with Gasteiger partial charge >= 0.3 is 6.03 Å². The van der Waals surface area contributed by atoms with Crippen LogP contribution in [0.4, 0.5) is 15.0 Å². The summed E-state index contributed by atoms with van der Waals surface area (Å²) in [5.74, 6) is 0.414. The fourth-order valence-corrected chi connectivity index (χ4v) is 3.24. The molecule has 0 spiro atoms. The Morgan fingerprint density at radius 2 is 1.93 bits per heavy atom. The molecule has 1 aromatic heterocycles. The third-order valence-corrected chi connectivity index (χ3v) is 4.68. The van der Waals surface area contributed by atoms with Gasteiger partial charge in [0, 0.05) is 43.5 Å². The molecule has 7 heteroatoms. The number of nitrogens with one attached hydrogen (secondary N) is 2. The van der Waals surface area contributed by atoms with Crippen LogP contribution in [-0.2, 0) is 6.54 Å². The number of nitrogens with zero attached hydrogens (tertiary/aromatic N) is 2. The summed E-state index contributed by atoms with van der Waals surface area (Å²) in [5, 5.41) is 15.4. The number of aliphatic hydroxyl groups is 1. The van der Waals surface area contributed by atoms with Crippen LogP contribution in [0.1, 0.15) is 36.5 Å². The van der Waals surface area contributed by atoms with Crippen LogP contribution in [0.2, 0.25) is 0 Å². The monoisotopic (exact) mass is 372 g/mol. The molecule has 1 unspecified atom stereocenters. The number of halogens is 1. The maximum atomic E-state index is 13.7. The van der Waals surface area contributed by atoms with E-state index < -0.39 is 18.0 Å². The molecule has 2 aromatic rings. The Hall–Kier alpha value is -2.67. The van der Waals surface area contributed by atoms with Crippen LogP contribution >= 0.6 is 0 Å². The zero-order valence-corrected chi connectivity index (χ0v) is 15.2. The molecule has 6 nitrogen and oxygen atoms in total. The largest absolute Gasteiger partial charge is 0.386 e. The molecule has 2 heterocycles. The summed E-state index contributed by atoms with van der Waals surface area (Å²) in [4.78, 5) is 18.8. The quantitative estimate of drug-likeness (QED) is 0.729. The Morgan fingerprint density at radius 1 is 1.15 bits per heavy atom. The van der Waals surface area contributed by atoms with Crippen molar-refractivity contribution in [3.63, 3.8) is 0 Å². The molecule has 1 aromatic carbocycles. The SMILES string of the molecule is O=C(NCc1cccnc1N1CCCCC1)NCC(O)c1ccccc1F. The lowest BCUT2D eigenvalue weighted by Gasteiger charge is -2.29. The molecule has 1 aliphatic heterocycles. The second-order valence-electron chi connectivity index (χ2n) is 6.63. The number of aromatic nitrogens is 1. The Balaban J connectivity index is 1.51. The van der Waals surface area contributed by atoms with Crippen LogP contribution in [-0.4, -0.2) is 35.8 Å². The number of amides is 2. The minimum atomic E-state index is -1.10. The summed E-state index contributed by atoms with van der Waals surface area (Å²) < 4.78 is 13.7. The Kier molecular flexibility index (Phi) is 6.59. The van der Waals surface area contributed by atoms with Gasteiger partial charge in [0.2, 0.25) is 0 Å². The highest BCUT2D eigenvalue weighted by Gasteiger charge is 2.16. The van der Waals surface area contributed by atoms with Crippen LogP contribution in [0.3, 0.4) is 0 Å². The first kappa shape index (κ1) is 19.1. The molecule has 1 aliphatic rings. The van der Waals surface area contributed by atoms with Crippen molar-refractivity contribution in [2.45, 2.75) is 31.9 Å². The van der Waals surface area contributed by atoms with E-state index in [9.17, 15) is 14.3 Å². The summed E-state index contributed by atoms with van der Waals surface area (Å²) in [7, 11) is 0. The highest BCUT2D eigenvalue weighted by molar-refractivity contribution is 5.74. The first-order valence-electron chi connectivity index (χ1n) is 9.28. The number of aliphatic hydroxyl groups excluding tert-OH is 1. The van der Waals surface area contributed by atoms with Gasteiger partial charge in [0.1, 0.15) is 11.6 Å². The Morgan fingerprint density at radius 3 is 2.70 bits per heavy atom. The van der Waals surface area contributed by atoms with E-state index in [2.05, 4.69) is 20.5 Å². The van der Waals surface area contributed by atoms with Gasteiger partial charge in [-0.05, 0) is 31.4 Å². The third kappa shape index (κ3) is 5.17. The second kappa shape index (κ2) is 9.32. The number of carbonyl (C=O) groups excluding carboxylic acids is 1. The van der Waals surface area contributed by atoms with Gasteiger partial charge in [0.25, 0.3) is 0 Å². The molecule has 1 atom stereocenters. The van der Waals surface area contributed by atoms with Gasteiger partial charge < -0.3 is 20.6 Å². The van der Waals surface area contributed by atoms with E-state index in [1.165, 1.54) is 18.6 Å². The standard InChI is InChI=1S/C20H25FN4O2/c21-17-9-3-2-8-16(17)18(26)14-24-20(27)23-13-15-7-6-10-22-19(15)25-11-4-1-5-12-25/h2-3,6-10,18,26H,1,4-5,11-14H2,(H2,23,24,27). The van der Waals surface area contributed by atoms with Gasteiger partial charge in [-0.3, -0.25) is 0 Å². The number of hydrogen-bond donors (Lipinski definition) is 3. The van der Waals surface area contributed by atoms with Gasteiger partial charge in [0.15, 0.2) is 0 Å². The first-order chi connectivity index (χ1) is 13.1. The van der Waals surface area contributed by atoms with Crippen molar-refractivity contribution < 1.29 is 14.3 Å². The highest BCUT2D eigenvalue weighted by Crippen LogP contribution is 2.21. The van der Waals surface area contributed by atoms with Gasteiger partial charge in [-0.15, -0.1) is 0 Å². The fraction of sp³-hybridized carbons (Fsp3) is 0.400. The number of benzene rings is 1. The van der Waals surface area contributed by atoms with E-state index in [-0.39, 0.29) is 12.1 Å². The molecular formula is C20H25FN4O2. The lowest BCUT2D eigenvalue weighted by atomic mass is 10.1. The van der Waals surface area contributed by atoms with Crippen LogP contribution in [0.5, 0.6) is 0 Å². The molecule has 27 heavy (non-hydrogen) atoms. The van der Waals surface area contributed by atoms with Gasteiger partial charge in [-0.2, -0.15) is 0 Å². The zero-order chi connectivity index (χ0) is 19.1. The van der Waals surface area contributed by atoms with Crippen LogP contribution < -0.4 is 15.5 Å². The normalized spacial score (nSPS) is 15.3. The Bertz CT molecular complexity index is 765. The van der Waals surface area contributed by atoms with E-state index in [0.29, 0.717) is 6.54 Å². The van der Waals surface area contributed by atoms with Gasteiger partial charge in [0.05, 0.1) is 6.10 Å². The Labute approximate surface area is 158 Å². The summed E-state index contributed by atoms with van der Waals surface area (Å²) in [6.45, 7) is 2.22. The van der Waals surface area contributed by atoms with Crippen LogP contribution in [0.25, 0.3) is 0 Å². The van der Waals surface area contributed by atoms with Crippen molar-refractivity contribution in [3.8, 4) is 0 Å². The third-order valence-electron chi connectivity index (χ3n) is 4.68. The number of hydrogen-bond acceptors (Lipinski definition) is 4. The van der Waals surface area contributed by atoms with E-state index in [0.717, 1.165) is 37.3 Å².